The van der Waals surface area contributed by atoms with Crippen LogP contribution in [-0.2, 0) is 20.7 Å². The van der Waals surface area contributed by atoms with E-state index in [9.17, 15) is 9.59 Å². The van der Waals surface area contributed by atoms with Crippen molar-refractivity contribution in [1.82, 2.24) is 10.1 Å². The first-order valence-corrected chi connectivity index (χ1v) is 9.62. The molecule has 0 aliphatic heterocycles. The van der Waals surface area contributed by atoms with Gasteiger partial charge in [-0.15, -0.1) is 0 Å². The monoisotopic (exact) mass is 395 g/mol. The number of para-hydroxylation sites is 2. The molecule has 0 aliphatic rings. The van der Waals surface area contributed by atoms with Crippen molar-refractivity contribution in [2.75, 3.05) is 18.1 Å². The van der Waals surface area contributed by atoms with E-state index in [2.05, 4.69) is 10.1 Å². The molecule has 0 atom stereocenters. The first kappa shape index (κ1) is 18.1. The van der Waals surface area contributed by atoms with E-state index in [4.69, 9.17) is 9.26 Å². The van der Waals surface area contributed by atoms with Crippen molar-refractivity contribution in [1.29, 1.82) is 0 Å². The maximum absolute atomic E-state index is 12.6. The van der Waals surface area contributed by atoms with Crippen LogP contribution in [-0.4, -0.2) is 35.2 Å². The minimum Gasteiger partial charge on any atom is -0.455 e. The number of carbonyl (C=O) groups is 2. The number of fused-ring (bicyclic) bond motifs is 2. The lowest BCUT2D eigenvalue weighted by molar-refractivity contribution is -0.147. The number of esters is 1. The van der Waals surface area contributed by atoms with Crippen LogP contribution in [0.15, 0.2) is 53.1 Å². The molecular weight excluding hydrogens is 378 g/mol. The van der Waals surface area contributed by atoms with Crippen LogP contribution >= 0.6 is 11.3 Å². The Morgan fingerprint density at radius 1 is 1.14 bits per heavy atom. The van der Waals surface area contributed by atoms with Gasteiger partial charge >= 0.3 is 5.97 Å². The number of ether oxygens (including phenoxy) is 1. The van der Waals surface area contributed by atoms with Crippen LogP contribution in [0.25, 0.3) is 21.2 Å². The fourth-order valence-corrected chi connectivity index (χ4v) is 3.91. The van der Waals surface area contributed by atoms with Gasteiger partial charge in [-0.25, -0.2) is 4.98 Å². The molecule has 2 aromatic carbocycles. The number of amides is 1. The average Bonchev–Trinajstić information content (AvgIpc) is 3.31. The van der Waals surface area contributed by atoms with Gasteiger partial charge in [-0.05, 0) is 31.2 Å². The lowest BCUT2D eigenvalue weighted by atomic mass is 10.2. The predicted molar refractivity (Wildman–Crippen MR) is 106 cm³/mol. The third kappa shape index (κ3) is 3.59. The van der Waals surface area contributed by atoms with Gasteiger partial charge in [0.25, 0.3) is 5.91 Å². The molecule has 0 saturated heterocycles. The van der Waals surface area contributed by atoms with Gasteiger partial charge in [-0.1, -0.05) is 40.8 Å². The summed E-state index contributed by atoms with van der Waals surface area (Å²) in [6.07, 6.45) is -0.0580. The molecule has 0 N–H and O–H groups in total. The normalized spacial score (nSPS) is 11.0. The molecule has 0 aliphatic carbocycles. The summed E-state index contributed by atoms with van der Waals surface area (Å²) in [5.41, 5.74) is 1.93. The zero-order valence-electron chi connectivity index (χ0n) is 15.1. The number of thiazole rings is 1. The molecule has 0 bridgehead atoms. The Hall–Kier alpha value is -3.26. The van der Waals surface area contributed by atoms with E-state index in [-0.39, 0.29) is 18.9 Å². The third-order valence-corrected chi connectivity index (χ3v) is 5.31. The molecule has 8 heteroatoms. The Kier molecular flexibility index (Phi) is 5.03. The number of hydrogen-bond donors (Lipinski definition) is 0. The van der Waals surface area contributed by atoms with E-state index in [0.717, 1.165) is 15.6 Å². The van der Waals surface area contributed by atoms with E-state index < -0.39 is 5.97 Å². The SMILES string of the molecule is CCN(C(=O)COC(=O)Cc1noc2ccccc12)c1nc2ccccc2s1. The second-order valence-corrected chi connectivity index (χ2v) is 7.07. The molecular formula is C20H17N3O4S. The molecule has 2 heterocycles. The van der Waals surface area contributed by atoms with Crippen molar-refractivity contribution in [2.45, 2.75) is 13.3 Å². The zero-order chi connectivity index (χ0) is 19.5. The van der Waals surface area contributed by atoms with Gasteiger partial charge in [0.1, 0.15) is 5.69 Å². The second kappa shape index (κ2) is 7.77. The maximum Gasteiger partial charge on any atom is 0.312 e. The van der Waals surface area contributed by atoms with Crippen LogP contribution in [0.3, 0.4) is 0 Å². The van der Waals surface area contributed by atoms with Crippen LogP contribution in [0.2, 0.25) is 0 Å². The zero-order valence-corrected chi connectivity index (χ0v) is 15.9. The number of anilines is 1. The Morgan fingerprint density at radius 3 is 2.75 bits per heavy atom. The number of carbonyl (C=O) groups excluding carboxylic acids is 2. The summed E-state index contributed by atoms with van der Waals surface area (Å²) in [5.74, 6) is -0.854. The van der Waals surface area contributed by atoms with Crippen molar-refractivity contribution in [3.8, 4) is 0 Å². The Balaban J connectivity index is 1.40. The Morgan fingerprint density at radius 2 is 1.93 bits per heavy atom. The van der Waals surface area contributed by atoms with Gasteiger partial charge in [0.15, 0.2) is 17.3 Å². The van der Waals surface area contributed by atoms with Crippen LogP contribution in [0.1, 0.15) is 12.6 Å². The van der Waals surface area contributed by atoms with Gasteiger partial charge in [0, 0.05) is 11.9 Å². The van der Waals surface area contributed by atoms with Gasteiger partial charge in [0.05, 0.1) is 16.6 Å². The molecule has 2 aromatic heterocycles. The highest BCUT2D eigenvalue weighted by Gasteiger charge is 2.20. The molecule has 4 aromatic rings. The molecule has 0 unspecified atom stereocenters. The lowest BCUT2D eigenvalue weighted by Crippen LogP contribution is -2.34. The number of nitrogens with zero attached hydrogens (tertiary/aromatic N) is 3. The van der Waals surface area contributed by atoms with Gasteiger partial charge < -0.3 is 9.26 Å². The quantitative estimate of drug-likeness (QED) is 0.464. The number of rotatable bonds is 6. The first-order chi connectivity index (χ1) is 13.7. The first-order valence-electron chi connectivity index (χ1n) is 8.80. The van der Waals surface area contributed by atoms with E-state index in [0.29, 0.717) is 23.0 Å². The largest absolute Gasteiger partial charge is 0.455 e. The molecule has 0 spiro atoms. The Bertz CT molecular complexity index is 1120. The van der Waals surface area contributed by atoms with Gasteiger partial charge in [0.2, 0.25) is 0 Å². The van der Waals surface area contributed by atoms with Crippen LogP contribution in [0, 0.1) is 0 Å². The lowest BCUT2D eigenvalue weighted by Gasteiger charge is -2.17. The van der Waals surface area contributed by atoms with E-state index >= 15 is 0 Å². The fraction of sp³-hybridized carbons (Fsp3) is 0.200. The standard InChI is InChI=1S/C20H17N3O4S/c1-2-23(20-21-14-8-4-6-10-17(14)28-20)18(24)12-26-19(25)11-15-13-7-3-5-9-16(13)27-22-15/h3-10H,2,11-12H2,1H3. The minimum atomic E-state index is -0.534. The number of benzene rings is 2. The fourth-order valence-electron chi connectivity index (χ4n) is 2.87. The highest BCUT2D eigenvalue weighted by Crippen LogP contribution is 2.28. The van der Waals surface area contributed by atoms with Crippen molar-refractivity contribution in [3.63, 3.8) is 0 Å². The second-order valence-electron chi connectivity index (χ2n) is 6.07. The smallest absolute Gasteiger partial charge is 0.312 e. The summed E-state index contributed by atoms with van der Waals surface area (Å²) in [4.78, 5) is 30.7. The Labute approximate surface area is 164 Å². The molecule has 0 radical (unpaired) electrons. The van der Waals surface area contributed by atoms with Gasteiger partial charge in [-0.2, -0.15) is 0 Å². The molecule has 7 nitrogen and oxygen atoms in total. The number of aromatic nitrogens is 2. The summed E-state index contributed by atoms with van der Waals surface area (Å²) in [6, 6.07) is 15.0. The predicted octanol–water partition coefficient (Wildman–Crippen LogP) is 3.58. The molecule has 0 fully saturated rings. The third-order valence-electron chi connectivity index (χ3n) is 4.25. The highest BCUT2D eigenvalue weighted by molar-refractivity contribution is 7.22. The maximum atomic E-state index is 12.6. The van der Waals surface area contributed by atoms with Crippen LogP contribution in [0.4, 0.5) is 5.13 Å². The summed E-state index contributed by atoms with van der Waals surface area (Å²) in [7, 11) is 0. The minimum absolute atomic E-state index is 0.0580. The van der Waals surface area contributed by atoms with Crippen molar-refractivity contribution < 1.29 is 18.8 Å². The molecule has 142 valence electrons. The molecule has 1 amide bonds. The topological polar surface area (TPSA) is 85.5 Å². The van der Waals surface area contributed by atoms with E-state index in [1.165, 1.54) is 16.2 Å². The summed E-state index contributed by atoms with van der Waals surface area (Å²) in [5, 5.41) is 5.26. The highest BCUT2D eigenvalue weighted by atomic mass is 32.1. The number of hydrogen-bond acceptors (Lipinski definition) is 7. The van der Waals surface area contributed by atoms with Crippen LogP contribution < -0.4 is 4.90 Å². The van der Waals surface area contributed by atoms with Crippen molar-refractivity contribution in [2.24, 2.45) is 0 Å². The van der Waals surface area contributed by atoms with Crippen LogP contribution in [0.5, 0.6) is 0 Å². The van der Waals surface area contributed by atoms with Crippen molar-refractivity contribution in [3.05, 3.63) is 54.2 Å². The summed E-state index contributed by atoms with van der Waals surface area (Å²) in [6.45, 7) is 1.94. The van der Waals surface area contributed by atoms with Crippen molar-refractivity contribution >= 4 is 49.5 Å². The van der Waals surface area contributed by atoms with Gasteiger partial charge in [-0.3, -0.25) is 14.5 Å². The van der Waals surface area contributed by atoms with E-state index in [1.807, 2.05) is 49.4 Å². The summed E-state index contributed by atoms with van der Waals surface area (Å²) < 4.78 is 11.3. The molecule has 4 rings (SSSR count). The average molecular weight is 395 g/mol. The summed E-state index contributed by atoms with van der Waals surface area (Å²) >= 11 is 1.43. The van der Waals surface area contributed by atoms with E-state index in [1.54, 1.807) is 6.07 Å². The number of likely N-dealkylation sites (N-methyl/N-ethyl adjacent to an activating group) is 1. The molecule has 28 heavy (non-hydrogen) atoms. The molecule has 0 saturated carbocycles.